The normalized spacial score (nSPS) is 14.1. The molecule has 0 fully saturated rings. The molecule has 0 spiro atoms. The van der Waals surface area contributed by atoms with E-state index >= 15 is 0 Å². The quantitative estimate of drug-likeness (QED) is 0.174. The van der Waals surface area contributed by atoms with Crippen molar-refractivity contribution in [3.8, 4) is 0 Å². The van der Waals surface area contributed by atoms with Gasteiger partial charge >= 0.3 is 17.9 Å². The van der Waals surface area contributed by atoms with Gasteiger partial charge in [0.05, 0.1) is 5.92 Å². The van der Waals surface area contributed by atoms with E-state index in [1.165, 1.54) is 0 Å². The average molecular weight is 508 g/mol. The molecule has 1 aliphatic rings. The van der Waals surface area contributed by atoms with Gasteiger partial charge in [-0.15, -0.1) is 0 Å². The molecule has 0 aromatic rings. The highest BCUT2D eigenvalue weighted by Gasteiger charge is 2.24. The molecule has 0 saturated heterocycles. The molecule has 0 radical (unpaired) electrons. The number of rotatable bonds is 21. The minimum Gasteiger partial charge on any atom is -0.481 e. The number of allylic oxidation sites excluding steroid dienone is 1. The van der Waals surface area contributed by atoms with Gasteiger partial charge in [0.1, 0.15) is 24.3 Å². The number of ketones is 2. The smallest absolute Gasteiger partial charge is 0.307 e. The summed E-state index contributed by atoms with van der Waals surface area (Å²) in [7, 11) is 0. The summed E-state index contributed by atoms with van der Waals surface area (Å²) in [4.78, 5) is 64.1. The highest BCUT2D eigenvalue weighted by Crippen LogP contribution is 2.22. The number of hydrogen-bond acceptors (Lipinski definition) is 8. The van der Waals surface area contributed by atoms with Crippen LogP contribution in [0.2, 0.25) is 0 Å². The van der Waals surface area contributed by atoms with Gasteiger partial charge in [0.25, 0.3) is 0 Å². The zero-order valence-corrected chi connectivity index (χ0v) is 21.7. The summed E-state index contributed by atoms with van der Waals surface area (Å²) in [5.41, 5.74) is 0.872. The highest BCUT2D eigenvalue weighted by atomic mass is 16.6. The van der Waals surface area contributed by atoms with Crippen molar-refractivity contribution in [3.05, 3.63) is 11.8 Å². The van der Waals surface area contributed by atoms with Crippen LogP contribution in [0.15, 0.2) is 16.8 Å². The number of hydrogen-bond donors (Lipinski definition) is 1. The maximum atomic E-state index is 12.4. The Balaban J connectivity index is 2.48. The number of esters is 2. The molecule has 36 heavy (non-hydrogen) atoms. The number of aliphatic carboxylic acids is 1. The van der Waals surface area contributed by atoms with Gasteiger partial charge in [-0.3, -0.25) is 29.0 Å². The van der Waals surface area contributed by atoms with Crippen molar-refractivity contribution in [2.45, 2.75) is 110 Å². The van der Waals surface area contributed by atoms with Crippen LogP contribution in [0.4, 0.5) is 0 Å². The van der Waals surface area contributed by atoms with E-state index in [-0.39, 0.29) is 81.5 Å². The second-order valence-corrected chi connectivity index (χ2v) is 9.24. The number of aliphatic imine (C=N–C) groups is 1. The fraction of sp³-hybridized carbons (Fsp3) is 0.704. The van der Waals surface area contributed by atoms with Crippen LogP contribution in [0.5, 0.6) is 0 Å². The van der Waals surface area contributed by atoms with Gasteiger partial charge < -0.3 is 14.6 Å². The Morgan fingerprint density at radius 3 is 2.25 bits per heavy atom. The van der Waals surface area contributed by atoms with Gasteiger partial charge in [-0.05, 0) is 31.3 Å². The Labute approximate surface area is 213 Å². The molecular weight excluding hydrogens is 466 g/mol. The molecule has 0 bridgehead atoms. The molecule has 0 amide bonds. The van der Waals surface area contributed by atoms with Crippen LogP contribution in [0.25, 0.3) is 0 Å². The Hall–Kier alpha value is -2.84. The van der Waals surface area contributed by atoms with Gasteiger partial charge in [-0.1, -0.05) is 33.1 Å². The predicted molar refractivity (Wildman–Crippen MR) is 135 cm³/mol. The lowest BCUT2D eigenvalue weighted by Gasteiger charge is -2.18. The molecule has 1 aliphatic heterocycles. The SMILES string of the molecule is CCCCCC(=O)OC(CCC(=O)CCC(=O)CC(CC1=CN=CC1)C(=O)O)COC(=O)CCCC. The van der Waals surface area contributed by atoms with Gasteiger partial charge in [0.15, 0.2) is 0 Å². The molecule has 0 aliphatic carbocycles. The van der Waals surface area contributed by atoms with E-state index in [1.54, 1.807) is 12.4 Å². The maximum absolute atomic E-state index is 12.4. The number of ether oxygens (including phenoxy) is 2. The average Bonchev–Trinajstić information content (AvgIpc) is 3.36. The first kappa shape index (κ1) is 31.2. The summed E-state index contributed by atoms with van der Waals surface area (Å²) in [6.07, 6.45) is 8.24. The number of nitrogens with zero attached hydrogens (tertiary/aromatic N) is 1. The summed E-state index contributed by atoms with van der Waals surface area (Å²) in [5, 5.41) is 9.42. The minimum absolute atomic E-state index is 0.00949. The molecule has 9 nitrogen and oxygen atoms in total. The van der Waals surface area contributed by atoms with Gasteiger partial charge in [0, 0.05) is 57.4 Å². The Bertz CT molecular complexity index is 802. The molecule has 1 N–H and O–H groups in total. The number of carboxylic acid groups (broad SMARTS) is 1. The summed E-state index contributed by atoms with van der Waals surface area (Å²) in [6.45, 7) is 3.90. The van der Waals surface area contributed by atoms with E-state index in [0.29, 0.717) is 19.3 Å². The minimum atomic E-state index is -1.04. The molecule has 1 heterocycles. The first-order chi connectivity index (χ1) is 17.2. The third kappa shape index (κ3) is 14.5. The van der Waals surface area contributed by atoms with Crippen molar-refractivity contribution < 1.29 is 38.6 Å². The molecule has 9 heteroatoms. The van der Waals surface area contributed by atoms with E-state index in [9.17, 15) is 29.1 Å². The number of carbonyl (C=O) groups is 5. The molecule has 202 valence electrons. The maximum Gasteiger partial charge on any atom is 0.307 e. The molecule has 0 aromatic heterocycles. The predicted octanol–water partition coefficient (Wildman–Crippen LogP) is 4.75. The number of unbranched alkanes of at least 4 members (excludes halogenated alkanes) is 3. The first-order valence-electron chi connectivity index (χ1n) is 13.1. The fourth-order valence-electron chi connectivity index (χ4n) is 3.70. The molecule has 2 unspecified atom stereocenters. The third-order valence-corrected chi connectivity index (χ3v) is 5.92. The van der Waals surface area contributed by atoms with Gasteiger partial charge in [-0.2, -0.15) is 0 Å². The second-order valence-electron chi connectivity index (χ2n) is 9.24. The van der Waals surface area contributed by atoms with Gasteiger partial charge in [-0.25, -0.2) is 0 Å². The largest absolute Gasteiger partial charge is 0.481 e. The number of Topliss-reactive ketones (excluding diaryl/α,β-unsaturated/α-hetero) is 2. The summed E-state index contributed by atoms with van der Waals surface area (Å²) >= 11 is 0. The van der Waals surface area contributed by atoms with E-state index in [4.69, 9.17) is 9.47 Å². The Kier molecular flexibility index (Phi) is 16.0. The van der Waals surface area contributed by atoms with Crippen molar-refractivity contribution in [1.29, 1.82) is 0 Å². The van der Waals surface area contributed by atoms with E-state index in [2.05, 4.69) is 4.99 Å². The Morgan fingerprint density at radius 2 is 1.61 bits per heavy atom. The van der Waals surface area contributed by atoms with Crippen molar-refractivity contribution >= 4 is 35.7 Å². The van der Waals surface area contributed by atoms with Crippen LogP contribution in [0, 0.1) is 5.92 Å². The van der Waals surface area contributed by atoms with Crippen LogP contribution in [-0.4, -0.2) is 53.5 Å². The van der Waals surface area contributed by atoms with Crippen LogP contribution < -0.4 is 0 Å². The summed E-state index contributed by atoms with van der Waals surface area (Å²) in [6, 6.07) is 0. The number of carboxylic acids is 1. The first-order valence-corrected chi connectivity index (χ1v) is 13.1. The van der Waals surface area contributed by atoms with Crippen LogP contribution in [0.1, 0.15) is 104 Å². The lowest BCUT2D eigenvalue weighted by Crippen LogP contribution is -2.26. The topological polar surface area (TPSA) is 136 Å². The Morgan fingerprint density at radius 1 is 0.917 bits per heavy atom. The van der Waals surface area contributed by atoms with Crippen molar-refractivity contribution in [2.75, 3.05) is 6.61 Å². The van der Waals surface area contributed by atoms with Crippen LogP contribution in [-0.2, 0) is 33.4 Å². The van der Waals surface area contributed by atoms with Gasteiger partial charge in [0.2, 0.25) is 0 Å². The van der Waals surface area contributed by atoms with Crippen LogP contribution >= 0.6 is 0 Å². The second kappa shape index (κ2) is 18.4. The zero-order chi connectivity index (χ0) is 26.8. The molecule has 0 aromatic carbocycles. The fourth-order valence-corrected chi connectivity index (χ4v) is 3.70. The van der Waals surface area contributed by atoms with Crippen molar-refractivity contribution in [2.24, 2.45) is 10.9 Å². The van der Waals surface area contributed by atoms with Crippen molar-refractivity contribution in [1.82, 2.24) is 0 Å². The molecule has 2 atom stereocenters. The van der Waals surface area contributed by atoms with E-state index in [0.717, 1.165) is 24.8 Å². The molecule has 0 saturated carbocycles. The molecular formula is C27H41NO8. The standard InChI is InChI=1S/C27H41NO8/c1-3-5-7-9-26(32)36-24(19-35-25(31)8-6-4-2)13-12-22(29)10-11-23(30)17-21(27(33)34)16-20-14-15-28-18-20/h15,18,21,24H,3-14,16-17,19H2,1-2H3,(H,33,34). The lowest BCUT2D eigenvalue weighted by atomic mass is 9.92. The summed E-state index contributed by atoms with van der Waals surface area (Å²) < 4.78 is 10.7. The summed E-state index contributed by atoms with van der Waals surface area (Å²) in [5.74, 6) is -3.10. The van der Waals surface area contributed by atoms with Crippen molar-refractivity contribution in [3.63, 3.8) is 0 Å². The highest BCUT2D eigenvalue weighted by molar-refractivity contribution is 5.88. The van der Waals surface area contributed by atoms with Crippen LogP contribution in [0.3, 0.4) is 0 Å². The monoisotopic (exact) mass is 507 g/mol. The lowest BCUT2D eigenvalue weighted by molar-refractivity contribution is -0.160. The van der Waals surface area contributed by atoms with E-state index in [1.807, 2.05) is 13.8 Å². The van der Waals surface area contributed by atoms with E-state index < -0.39 is 18.0 Å². The zero-order valence-electron chi connectivity index (χ0n) is 21.7. The number of carbonyl (C=O) groups excluding carboxylic acids is 4. The molecule has 1 rings (SSSR count). The third-order valence-electron chi connectivity index (χ3n) is 5.92.